The maximum atomic E-state index is 12.8. The number of aromatic nitrogens is 5. The molecule has 0 saturated carbocycles. The van der Waals surface area contributed by atoms with Gasteiger partial charge in [-0.3, -0.25) is 13.9 Å². The van der Waals surface area contributed by atoms with Gasteiger partial charge in [0.05, 0.1) is 13.7 Å². The minimum Gasteiger partial charge on any atom is -0.497 e. The van der Waals surface area contributed by atoms with Gasteiger partial charge in [0.15, 0.2) is 17.0 Å². The number of nitrogens with zero attached hydrogens (tertiary/aromatic N) is 5. The van der Waals surface area contributed by atoms with E-state index in [0.29, 0.717) is 26.9 Å². The van der Waals surface area contributed by atoms with Crippen LogP contribution in [0.15, 0.2) is 52.1 Å². The molecule has 0 aliphatic heterocycles. The first kappa shape index (κ1) is 20.1. The summed E-state index contributed by atoms with van der Waals surface area (Å²) in [7, 11) is 2.96. The molecule has 4 rings (SSSR count). The predicted octanol–water partition coefficient (Wildman–Crippen LogP) is 2.92. The van der Waals surface area contributed by atoms with Crippen LogP contribution in [0.25, 0.3) is 22.6 Å². The summed E-state index contributed by atoms with van der Waals surface area (Å²) >= 11 is 12.2. The standard InChI is InChI=1S/C20H15Cl2N5O3/c1-26-19(28)16-18(25-24-17(23-16)11-4-7-14(30-2)8-5-11)27(20(26)29)10-12-3-6-13(21)9-15(12)22/h3-9H,10H2,1-2H3. The summed E-state index contributed by atoms with van der Waals surface area (Å²) in [5, 5.41) is 9.14. The Morgan fingerprint density at radius 2 is 1.77 bits per heavy atom. The highest BCUT2D eigenvalue weighted by molar-refractivity contribution is 6.35. The Balaban J connectivity index is 1.88. The number of halogens is 2. The number of hydrogen-bond donors (Lipinski definition) is 0. The summed E-state index contributed by atoms with van der Waals surface area (Å²) in [6, 6.07) is 12.0. The highest BCUT2D eigenvalue weighted by Gasteiger charge is 2.17. The molecule has 2 aromatic heterocycles. The summed E-state index contributed by atoms with van der Waals surface area (Å²) in [5.41, 5.74) is 0.300. The zero-order chi connectivity index (χ0) is 21.4. The molecule has 0 N–H and O–H groups in total. The third-order valence-corrected chi connectivity index (χ3v) is 5.23. The van der Waals surface area contributed by atoms with Crippen LogP contribution >= 0.6 is 23.2 Å². The zero-order valence-corrected chi connectivity index (χ0v) is 17.5. The van der Waals surface area contributed by atoms with Gasteiger partial charge >= 0.3 is 5.69 Å². The van der Waals surface area contributed by atoms with Crippen LogP contribution in [0.5, 0.6) is 5.75 Å². The molecule has 0 atom stereocenters. The minimum atomic E-state index is -0.557. The van der Waals surface area contributed by atoms with E-state index in [0.717, 1.165) is 4.57 Å². The summed E-state index contributed by atoms with van der Waals surface area (Å²) in [5.74, 6) is 0.939. The molecule has 0 unspecified atom stereocenters. The maximum Gasteiger partial charge on any atom is 0.332 e. The fourth-order valence-corrected chi connectivity index (χ4v) is 3.46. The monoisotopic (exact) mass is 443 g/mol. The van der Waals surface area contributed by atoms with Crippen molar-refractivity contribution in [3.63, 3.8) is 0 Å². The third kappa shape index (κ3) is 3.55. The molecule has 4 aromatic rings. The van der Waals surface area contributed by atoms with Crippen LogP contribution in [0.1, 0.15) is 5.56 Å². The molecular formula is C20H15Cl2N5O3. The van der Waals surface area contributed by atoms with Crippen molar-refractivity contribution in [2.24, 2.45) is 7.05 Å². The SMILES string of the molecule is COc1ccc(-c2nnc3c(n2)c(=O)n(C)c(=O)n3Cc2ccc(Cl)cc2Cl)cc1. The fourth-order valence-electron chi connectivity index (χ4n) is 2.99. The van der Waals surface area contributed by atoms with E-state index in [1.807, 2.05) is 0 Å². The highest BCUT2D eigenvalue weighted by Crippen LogP contribution is 2.23. The molecule has 2 aromatic carbocycles. The van der Waals surface area contributed by atoms with Crippen LogP contribution in [-0.2, 0) is 13.6 Å². The number of rotatable bonds is 4. The van der Waals surface area contributed by atoms with E-state index in [1.165, 1.54) is 11.6 Å². The molecular weight excluding hydrogens is 429 g/mol. The van der Waals surface area contributed by atoms with Crippen molar-refractivity contribution >= 4 is 34.4 Å². The average Bonchev–Trinajstić information content (AvgIpc) is 2.76. The second kappa shape index (κ2) is 7.89. The number of ether oxygens (including phenoxy) is 1. The molecule has 0 amide bonds. The second-order valence-corrected chi connectivity index (χ2v) is 7.35. The summed E-state index contributed by atoms with van der Waals surface area (Å²) in [6.45, 7) is 0.0810. The van der Waals surface area contributed by atoms with E-state index in [2.05, 4.69) is 15.2 Å². The molecule has 0 bridgehead atoms. The predicted molar refractivity (Wildman–Crippen MR) is 114 cm³/mol. The maximum absolute atomic E-state index is 12.8. The first-order chi connectivity index (χ1) is 14.4. The Morgan fingerprint density at radius 1 is 1.03 bits per heavy atom. The zero-order valence-electron chi connectivity index (χ0n) is 16.0. The Hall–Kier alpha value is -3.23. The van der Waals surface area contributed by atoms with Gasteiger partial charge in [-0.15, -0.1) is 10.2 Å². The molecule has 0 fully saturated rings. The van der Waals surface area contributed by atoms with Crippen LogP contribution in [0.4, 0.5) is 0 Å². The van der Waals surface area contributed by atoms with Gasteiger partial charge in [-0.05, 0) is 42.0 Å². The first-order valence-corrected chi connectivity index (χ1v) is 9.57. The van der Waals surface area contributed by atoms with Crippen molar-refractivity contribution in [3.05, 3.63) is 78.9 Å². The lowest BCUT2D eigenvalue weighted by atomic mass is 10.2. The van der Waals surface area contributed by atoms with E-state index in [9.17, 15) is 9.59 Å². The van der Waals surface area contributed by atoms with Crippen molar-refractivity contribution in [2.45, 2.75) is 6.54 Å². The van der Waals surface area contributed by atoms with Gasteiger partial charge in [0.25, 0.3) is 5.56 Å². The molecule has 2 heterocycles. The van der Waals surface area contributed by atoms with Crippen LogP contribution in [0.2, 0.25) is 10.0 Å². The van der Waals surface area contributed by atoms with Gasteiger partial charge in [0, 0.05) is 22.7 Å². The van der Waals surface area contributed by atoms with Gasteiger partial charge in [-0.2, -0.15) is 0 Å². The normalized spacial score (nSPS) is 11.1. The molecule has 0 aliphatic rings. The molecule has 0 radical (unpaired) electrons. The van der Waals surface area contributed by atoms with E-state index in [1.54, 1.807) is 49.6 Å². The van der Waals surface area contributed by atoms with Crippen molar-refractivity contribution in [2.75, 3.05) is 7.11 Å². The van der Waals surface area contributed by atoms with Gasteiger partial charge in [0.2, 0.25) is 0 Å². The van der Waals surface area contributed by atoms with Crippen LogP contribution in [-0.4, -0.2) is 31.4 Å². The van der Waals surface area contributed by atoms with Crippen molar-refractivity contribution in [1.29, 1.82) is 0 Å². The molecule has 8 nitrogen and oxygen atoms in total. The third-order valence-electron chi connectivity index (χ3n) is 4.64. The number of methoxy groups -OCH3 is 1. The van der Waals surface area contributed by atoms with Crippen molar-refractivity contribution in [1.82, 2.24) is 24.3 Å². The smallest absolute Gasteiger partial charge is 0.332 e. The van der Waals surface area contributed by atoms with E-state index < -0.39 is 11.2 Å². The Labute approximate surface area is 180 Å². The van der Waals surface area contributed by atoms with Crippen LogP contribution in [0, 0.1) is 0 Å². The lowest BCUT2D eigenvalue weighted by Crippen LogP contribution is -2.39. The lowest BCUT2D eigenvalue weighted by Gasteiger charge is -2.12. The fraction of sp³-hybridized carbons (Fsp3) is 0.150. The van der Waals surface area contributed by atoms with Crippen LogP contribution < -0.4 is 16.0 Å². The van der Waals surface area contributed by atoms with E-state index >= 15 is 0 Å². The summed E-state index contributed by atoms with van der Waals surface area (Å²) < 4.78 is 7.44. The summed E-state index contributed by atoms with van der Waals surface area (Å²) in [6.07, 6.45) is 0. The van der Waals surface area contributed by atoms with Crippen molar-refractivity contribution in [3.8, 4) is 17.1 Å². The Morgan fingerprint density at radius 3 is 2.43 bits per heavy atom. The Bertz CT molecular complexity index is 1380. The van der Waals surface area contributed by atoms with Gasteiger partial charge in [-0.25, -0.2) is 9.78 Å². The molecule has 10 heteroatoms. The van der Waals surface area contributed by atoms with Gasteiger partial charge < -0.3 is 4.74 Å². The topological polar surface area (TPSA) is 91.9 Å². The van der Waals surface area contributed by atoms with Gasteiger partial charge in [0.1, 0.15) is 5.75 Å². The number of benzene rings is 2. The second-order valence-electron chi connectivity index (χ2n) is 6.50. The summed E-state index contributed by atoms with van der Waals surface area (Å²) in [4.78, 5) is 29.8. The molecule has 30 heavy (non-hydrogen) atoms. The average molecular weight is 444 g/mol. The van der Waals surface area contributed by atoms with Crippen LogP contribution in [0.3, 0.4) is 0 Å². The molecule has 152 valence electrons. The number of hydrogen-bond acceptors (Lipinski definition) is 6. The van der Waals surface area contributed by atoms with E-state index in [4.69, 9.17) is 27.9 Å². The lowest BCUT2D eigenvalue weighted by molar-refractivity contribution is 0.415. The highest BCUT2D eigenvalue weighted by atomic mass is 35.5. The molecule has 0 spiro atoms. The number of fused-ring (bicyclic) bond motifs is 1. The Kier molecular flexibility index (Phi) is 5.27. The molecule has 0 saturated heterocycles. The first-order valence-electron chi connectivity index (χ1n) is 8.81. The van der Waals surface area contributed by atoms with E-state index in [-0.39, 0.29) is 23.5 Å². The quantitative estimate of drug-likeness (QED) is 0.481. The minimum absolute atomic E-state index is 0.0306. The van der Waals surface area contributed by atoms with Gasteiger partial charge in [-0.1, -0.05) is 29.3 Å². The molecule has 0 aliphatic carbocycles. The largest absolute Gasteiger partial charge is 0.497 e. The van der Waals surface area contributed by atoms with Crippen molar-refractivity contribution < 1.29 is 4.74 Å².